The highest BCUT2D eigenvalue weighted by atomic mass is 35.5. The zero-order valence-corrected chi connectivity index (χ0v) is 43.2. The van der Waals surface area contributed by atoms with Gasteiger partial charge >= 0.3 is 12.2 Å². The molecule has 76 heavy (non-hydrogen) atoms. The number of aromatic nitrogens is 5. The van der Waals surface area contributed by atoms with Crippen molar-refractivity contribution in [3.63, 3.8) is 0 Å². The fourth-order valence-corrected chi connectivity index (χ4v) is 10.7. The molecule has 2 fully saturated rings. The fourth-order valence-electron chi connectivity index (χ4n) is 10.3. The zero-order valence-electron chi connectivity index (χ0n) is 42.4. The van der Waals surface area contributed by atoms with E-state index in [2.05, 4.69) is 20.3 Å². The summed E-state index contributed by atoms with van der Waals surface area (Å²) < 4.78 is 123. The first-order chi connectivity index (χ1) is 36.4. The Bertz CT molecular complexity index is 3220. The van der Waals surface area contributed by atoms with Crippen LogP contribution in [0.4, 0.5) is 43.8 Å². The average Bonchev–Trinajstić information content (AvgIpc) is 3.97. The SMILES string of the molecule is COc1ccc(CNc2nccnc2[C@@H](C)N2CCOc3c(Cl)c(-c4nc(N(Cc5ccc(OC)cc5)Cc5ccc(OC)cc5)cc(C)c4C(F)(F)F)c(F)c4nc(OC[C@@H]5C[C@@]6(CN5C)CC6(F)F)nc2c34)cc1. The molecule has 10 rings (SSSR count). The van der Waals surface area contributed by atoms with Crippen LogP contribution in [-0.2, 0) is 25.8 Å². The Hall–Kier alpha value is -7.32. The summed E-state index contributed by atoms with van der Waals surface area (Å²) in [5, 5.41) is 2.83. The number of alkyl halides is 5. The number of aryl methyl sites for hydroxylation is 1. The Balaban J connectivity index is 1.11. The van der Waals surface area contributed by atoms with Crippen LogP contribution < -0.4 is 38.8 Å². The van der Waals surface area contributed by atoms with Gasteiger partial charge in [0.25, 0.3) is 5.92 Å². The molecule has 3 aliphatic rings. The molecule has 7 aromatic rings. The highest BCUT2D eigenvalue weighted by molar-refractivity contribution is 6.36. The lowest BCUT2D eigenvalue weighted by Gasteiger charge is -2.30. The van der Waals surface area contributed by atoms with Crippen LogP contribution in [0.1, 0.15) is 59.3 Å². The smallest absolute Gasteiger partial charge is 0.418 e. The number of likely N-dealkylation sites (N-methyl/N-ethyl adjacent to an activating group) is 1. The minimum Gasteiger partial charge on any atom is -0.497 e. The normalized spacial score (nSPS) is 18.3. The van der Waals surface area contributed by atoms with Crippen molar-refractivity contribution in [3.05, 3.63) is 136 Å². The molecule has 0 unspecified atom stereocenters. The third-order valence-corrected chi connectivity index (χ3v) is 14.9. The van der Waals surface area contributed by atoms with E-state index in [1.54, 1.807) is 67.3 Å². The van der Waals surface area contributed by atoms with E-state index in [9.17, 15) is 8.78 Å². The van der Waals surface area contributed by atoms with Gasteiger partial charge in [-0.05, 0) is 92.0 Å². The van der Waals surface area contributed by atoms with E-state index in [0.29, 0.717) is 35.3 Å². The van der Waals surface area contributed by atoms with Crippen LogP contribution in [0.25, 0.3) is 22.2 Å². The molecule has 5 heterocycles. The standard InChI is InChI=1S/C55H54ClF6N9O5/c1-31-23-40(70(26-34-9-15-38(73-5)16-10-34)27-35-11-17-39(74-6)18-12-35)66-47(43(31)55(60,61)62)41-44(56)49-42-48(45(41)57)67-52(76-28-36-24-53(30-69(36)3)29-54(53,58)59)68-51(42)71(21-22-75-49)32(2)46-50(64-20-19-63-46)65-25-33-7-13-37(72-4)14-8-33/h7-20,23,32,36H,21-22,24-30H2,1-6H3,(H,64,65)/t32-,36+,53+/m1/s1. The molecule has 0 bridgehead atoms. The second-order valence-electron chi connectivity index (χ2n) is 19.4. The van der Waals surface area contributed by atoms with Crippen LogP contribution in [0.3, 0.4) is 0 Å². The van der Waals surface area contributed by atoms with Crippen LogP contribution in [0.2, 0.25) is 5.02 Å². The number of likely N-dealkylation sites (tertiary alicyclic amines) is 1. The van der Waals surface area contributed by atoms with E-state index in [4.69, 9.17) is 45.3 Å². The van der Waals surface area contributed by atoms with E-state index in [-0.39, 0.29) is 86.6 Å². The van der Waals surface area contributed by atoms with Gasteiger partial charge in [0.15, 0.2) is 11.6 Å². The van der Waals surface area contributed by atoms with E-state index in [0.717, 1.165) is 16.7 Å². The molecule has 3 atom stereocenters. The highest BCUT2D eigenvalue weighted by Crippen LogP contribution is 2.66. The molecule has 4 aromatic carbocycles. The molecule has 1 aliphatic carbocycles. The van der Waals surface area contributed by atoms with Gasteiger partial charge in [0.1, 0.15) is 59.1 Å². The van der Waals surface area contributed by atoms with Crippen molar-refractivity contribution in [2.75, 3.05) is 69.8 Å². The van der Waals surface area contributed by atoms with Gasteiger partial charge < -0.3 is 38.8 Å². The van der Waals surface area contributed by atoms with Gasteiger partial charge in [-0.2, -0.15) is 23.1 Å². The van der Waals surface area contributed by atoms with Gasteiger partial charge in [0.05, 0.1) is 66.6 Å². The summed E-state index contributed by atoms with van der Waals surface area (Å²) in [6.45, 7) is 3.81. The summed E-state index contributed by atoms with van der Waals surface area (Å²) in [7, 11) is 6.39. The van der Waals surface area contributed by atoms with Crippen molar-refractivity contribution in [1.82, 2.24) is 29.8 Å². The predicted octanol–water partition coefficient (Wildman–Crippen LogP) is 11.5. The second-order valence-corrected chi connectivity index (χ2v) is 19.8. The number of nitrogens with one attached hydrogen (secondary N) is 1. The number of hydrogen-bond donors (Lipinski definition) is 1. The van der Waals surface area contributed by atoms with Crippen molar-refractivity contribution >= 4 is 40.0 Å². The lowest BCUT2D eigenvalue weighted by atomic mass is 9.98. The molecule has 21 heteroatoms. The summed E-state index contributed by atoms with van der Waals surface area (Å²) in [5.74, 6) is -1.74. The van der Waals surface area contributed by atoms with Crippen molar-refractivity contribution in [2.24, 2.45) is 5.41 Å². The van der Waals surface area contributed by atoms with Crippen LogP contribution in [0.5, 0.6) is 29.0 Å². The molecule has 1 N–H and O–H groups in total. The van der Waals surface area contributed by atoms with Crippen molar-refractivity contribution in [2.45, 2.75) is 70.5 Å². The summed E-state index contributed by atoms with van der Waals surface area (Å²) in [6, 6.07) is 21.7. The Morgan fingerprint density at radius 1 is 0.868 bits per heavy atom. The molecule has 2 aliphatic heterocycles. The second kappa shape index (κ2) is 20.7. The lowest BCUT2D eigenvalue weighted by molar-refractivity contribution is -0.137. The highest BCUT2D eigenvalue weighted by Gasteiger charge is 2.73. The number of halogens is 7. The van der Waals surface area contributed by atoms with Crippen LogP contribution in [0.15, 0.2) is 91.3 Å². The van der Waals surface area contributed by atoms with Gasteiger partial charge in [-0.25, -0.2) is 23.1 Å². The molecule has 0 amide bonds. The van der Waals surface area contributed by atoms with E-state index in [1.807, 2.05) is 55.5 Å². The number of methoxy groups -OCH3 is 3. The van der Waals surface area contributed by atoms with E-state index >= 15 is 17.6 Å². The Labute approximate surface area is 439 Å². The maximum Gasteiger partial charge on any atom is 0.418 e. The summed E-state index contributed by atoms with van der Waals surface area (Å²) in [6.07, 6.45) is -2.09. The number of anilines is 3. The first-order valence-corrected chi connectivity index (χ1v) is 24.9. The fraction of sp³-hybridized carbons (Fsp3) is 0.364. The number of rotatable bonds is 17. The molecule has 1 saturated heterocycles. The van der Waals surface area contributed by atoms with Crippen LogP contribution in [0, 0.1) is 18.2 Å². The quantitative estimate of drug-likeness (QED) is 0.0868. The third kappa shape index (κ3) is 10.1. The first-order valence-electron chi connectivity index (χ1n) is 24.5. The minimum absolute atomic E-state index is 0.0452. The summed E-state index contributed by atoms with van der Waals surface area (Å²) >= 11 is 7.25. The van der Waals surface area contributed by atoms with Gasteiger partial charge in [-0.3, -0.25) is 9.88 Å². The zero-order chi connectivity index (χ0) is 53.7. The molecule has 14 nitrogen and oxygen atoms in total. The van der Waals surface area contributed by atoms with E-state index < -0.39 is 62.8 Å². The molecular formula is C55H54ClF6N9O5. The van der Waals surface area contributed by atoms with Gasteiger partial charge in [0, 0.05) is 51.0 Å². The van der Waals surface area contributed by atoms with E-state index in [1.165, 1.54) is 25.4 Å². The molecular weight excluding hydrogens is 1020 g/mol. The minimum atomic E-state index is -5.06. The molecule has 0 radical (unpaired) electrons. The monoisotopic (exact) mass is 1070 g/mol. The number of hydrogen-bond acceptors (Lipinski definition) is 14. The van der Waals surface area contributed by atoms with Crippen molar-refractivity contribution < 1.29 is 50.0 Å². The Morgan fingerprint density at radius 2 is 1.46 bits per heavy atom. The predicted molar refractivity (Wildman–Crippen MR) is 275 cm³/mol. The van der Waals surface area contributed by atoms with Gasteiger partial charge in [-0.15, -0.1) is 0 Å². The van der Waals surface area contributed by atoms with Crippen LogP contribution in [-0.4, -0.2) is 96.5 Å². The Morgan fingerprint density at radius 3 is 2.03 bits per heavy atom. The van der Waals surface area contributed by atoms with Gasteiger partial charge in [0.2, 0.25) is 0 Å². The Kier molecular flexibility index (Phi) is 14.2. The maximum absolute atomic E-state index is 18.3. The van der Waals surface area contributed by atoms with Crippen molar-refractivity contribution in [3.8, 4) is 40.3 Å². The topological polar surface area (TPSA) is 132 Å². The average molecular weight is 1070 g/mol. The van der Waals surface area contributed by atoms with Gasteiger partial charge in [-0.1, -0.05) is 48.0 Å². The summed E-state index contributed by atoms with van der Waals surface area (Å²) in [4.78, 5) is 28.8. The largest absolute Gasteiger partial charge is 0.497 e. The lowest BCUT2D eigenvalue weighted by Crippen LogP contribution is -2.33. The number of nitrogens with zero attached hydrogens (tertiary/aromatic N) is 8. The maximum atomic E-state index is 18.3. The molecule has 1 spiro atoms. The van der Waals surface area contributed by atoms with Crippen LogP contribution >= 0.6 is 11.6 Å². The molecule has 398 valence electrons. The third-order valence-electron chi connectivity index (χ3n) is 14.5. The summed E-state index contributed by atoms with van der Waals surface area (Å²) in [5.41, 5.74) is -1.67. The number of ether oxygens (including phenoxy) is 5. The molecule has 1 saturated carbocycles. The molecule has 3 aromatic heterocycles. The van der Waals surface area contributed by atoms with Crippen molar-refractivity contribution in [1.29, 1.82) is 0 Å². The number of benzene rings is 4. The first kappa shape index (κ1) is 52.1. The number of pyridine rings is 1.